The van der Waals surface area contributed by atoms with Gasteiger partial charge in [-0.05, 0) is 44.0 Å². The number of hydrogen-bond donors (Lipinski definition) is 2. The Kier molecular flexibility index (Phi) is 5.07. The van der Waals surface area contributed by atoms with Gasteiger partial charge >= 0.3 is 0 Å². The van der Waals surface area contributed by atoms with Crippen LogP contribution in [0.1, 0.15) is 19.8 Å². The molecule has 0 aliphatic heterocycles. The lowest BCUT2D eigenvalue weighted by atomic mass is 10.0. The first-order valence-electron chi connectivity index (χ1n) is 8.37. The Morgan fingerprint density at radius 1 is 0.963 bits per heavy atom. The summed E-state index contributed by atoms with van der Waals surface area (Å²) in [7, 11) is 0. The predicted molar refractivity (Wildman–Crippen MR) is 92.9 cm³/mol. The lowest BCUT2D eigenvalue weighted by molar-refractivity contribution is -0.131. The summed E-state index contributed by atoms with van der Waals surface area (Å²) >= 11 is 0. The lowest BCUT2D eigenvalue weighted by Crippen LogP contribution is -2.36. The van der Waals surface area contributed by atoms with E-state index in [1.54, 1.807) is 31.2 Å². The van der Waals surface area contributed by atoms with Crippen LogP contribution in [0.5, 0.6) is 5.75 Å². The molecule has 142 valence electrons. The summed E-state index contributed by atoms with van der Waals surface area (Å²) in [5.74, 6) is -5.46. The zero-order chi connectivity index (χ0) is 19.6. The molecule has 1 aliphatic rings. The Morgan fingerprint density at radius 3 is 2.22 bits per heavy atom. The fraction of sp³-hybridized carbons (Fsp3) is 0.263. The van der Waals surface area contributed by atoms with E-state index in [1.165, 1.54) is 0 Å². The van der Waals surface area contributed by atoms with E-state index >= 15 is 0 Å². The molecule has 8 heteroatoms. The smallest absolute Gasteiger partial charge is 0.240 e. The number of nitrogens with one attached hydrogen (secondary N) is 2. The molecular formula is C19H17F3N2O3. The minimum atomic E-state index is -1.69. The largest absolute Gasteiger partial charge is 0.492 e. The average molecular weight is 378 g/mol. The number of para-hydroxylation sites is 2. The highest BCUT2D eigenvalue weighted by molar-refractivity contribution is 6.17. The van der Waals surface area contributed by atoms with Gasteiger partial charge in [-0.15, -0.1) is 0 Å². The highest BCUT2D eigenvalue weighted by atomic mass is 19.2. The number of hydrogen-bond acceptors (Lipinski definition) is 3. The molecule has 0 spiro atoms. The summed E-state index contributed by atoms with van der Waals surface area (Å²) in [5, 5.41) is 4.82. The van der Waals surface area contributed by atoms with Gasteiger partial charge in [0.1, 0.15) is 11.2 Å². The first-order valence-corrected chi connectivity index (χ1v) is 8.37. The van der Waals surface area contributed by atoms with Crippen molar-refractivity contribution in [2.24, 2.45) is 5.41 Å². The lowest BCUT2D eigenvalue weighted by Gasteiger charge is -2.17. The van der Waals surface area contributed by atoms with Crippen molar-refractivity contribution in [3.05, 3.63) is 53.8 Å². The molecule has 1 fully saturated rings. The van der Waals surface area contributed by atoms with Gasteiger partial charge in [0, 0.05) is 0 Å². The summed E-state index contributed by atoms with van der Waals surface area (Å²) < 4.78 is 45.5. The normalized spacial score (nSPS) is 14.4. The Bertz CT molecular complexity index is 898. The Labute approximate surface area is 153 Å². The van der Waals surface area contributed by atoms with Crippen LogP contribution in [0.2, 0.25) is 0 Å². The molecule has 1 aliphatic carbocycles. The van der Waals surface area contributed by atoms with Crippen molar-refractivity contribution >= 4 is 23.2 Å². The van der Waals surface area contributed by atoms with Crippen LogP contribution >= 0.6 is 0 Å². The van der Waals surface area contributed by atoms with Gasteiger partial charge in [0.25, 0.3) is 0 Å². The Hall–Kier alpha value is -3.03. The van der Waals surface area contributed by atoms with Crippen molar-refractivity contribution < 1.29 is 27.5 Å². The van der Waals surface area contributed by atoms with Gasteiger partial charge in [-0.1, -0.05) is 12.1 Å². The van der Waals surface area contributed by atoms with Crippen LogP contribution in [0.15, 0.2) is 36.4 Å². The Morgan fingerprint density at radius 2 is 1.59 bits per heavy atom. The number of benzene rings is 2. The molecule has 0 radical (unpaired) electrons. The molecule has 27 heavy (non-hydrogen) atoms. The van der Waals surface area contributed by atoms with Crippen molar-refractivity contribution in [3.8, 4) is 5.75 Å². The van der Waals surface area contributed by atoms with Crippen LogP contribution in [0.4, 0.5) is 24.5 Å². The monoisotopic (exact) mass is 378 g/mol. The highest BCUT2D eigenvalue weighted by Crippen LogP contribution is 2.48. The molecule has 2 N–H and O–H groups in total. The molecule has 1 saturated carbocycles. The molecular weight excluding hydrogens is 361 g/mol. The molecule has 2 aromatic rings. The number of anilines is 2. The summed E-state index contributed by atoms with van der Waals surface area (Å²) in [5.41, 5.74) is -1.51. The molecule has 0 bridgehead atoms. The van der Waals surface area contributed by atoms with E-state index in [4.69, 9.17) is 4.74 Å². The van der Waals surface area contributed by atoms with E-state index in [2.05, 4.69) is 10.6 Å². The summed E-state index contributed by atoms with van der Waals surface area (Å²) in [4.78, 5) is 25.1. The molecule has 2 aromatic carbocycles. The summed E-state index contributed by atoms with van der Waals surface area (Å²) in [6, 6.07) is 8.36. The summed E-state index contributed by atoms with van der Waals surface area (Å²) in [6.45, 7) is 2.19. The highest BCUT2D eigenvalue weighted by Gasteiger charge is 2.56. The molecule has 0 heterocycles. The van der Waals surface area contributed by atoms with Gasteiger partial charge in [-0.3, -0.25) is 9.59 Å². The fourth-order valence-corrected chi connectivity index (χ4v) is 2.64. The minimum Gasteiger partial charge on any atom is -0.492 e. The van der Waals surface area contributed by atoms with Crippen LogP contribution in [0.25, 0.3) is 0 Å². The van der Waals surface area contributed by atoms with Crippen molar-refractivity contribution in [1.29, 1.82) is 0 Å². The van der Waals surface area contributed by atoms with Gasteiger partial charge in [0.05, 0.1) is 18.0 Å². The van der Waals surface area contributed by atoms with Crippen LogP contribution in [-0.4, -0.2) is 18.4 Å². The zero-order valence-corrected chi connectivity index (χ0v) is 14.4. The molecule has 0 aromatic heterocycles. The fourth-order valence-electron chi connectivity index (χ4n) is 2.64. The first-order chi connectivity index (χ1) is 12.9. The molecule has 0 saturated heterocycles. The van der Waals surface area contributed by atoms with Gasteiger partial charge in [0.2, 0.25) is 11.8 Å². The van der Waals surface area contributed by atoms with Gasteiger partial charge in [-0.25, -0.2) is 13.2 Å². The summed E-state index contributed by atoms with van der Waals surface area (Å²) in [6.07, 6.45) is 0.513. The SMILES string of the molecule is CCOc1ccccc1NC(=O)C1(C(=O)Nc2ccc(F)c(F)c2F)CC1. The van der Waals surface area contributed by atoms with Crippen LogP contribution in [0.3, 0.4) is 0 Å². The maximum absolute atomic E-state index is 13.8. The van der Waals surface area contributed by atoms with Gasteiger partial charge in [-0.2, -0.15) is 0 Å². The molecule has 2 amide bonds. The Balaban J connectivity index is 1.76. The van der Waals surface area contributed by atoms with Crippen LogP contribution in [0, 0.1) is 22.9 Å². The number of carbonyl (C=O) groups excluding carboxylic acids is 2. The first kappa shape index (κ1) is 18.8. The average Bonchev–Trinajstić information content (AvgIpc) is 3.46. The minimum absolute atomic E-state index is 0.257. The quantitative estimate of drug-likeness (QED) is 0.593. The third kappa shape index (κ3) is 3.60. The van der Waals surface area contributed by atoms with Crippen molar-refractivity contribution in [2.75, 3.05) is 17.2 Å². The topological polar surface area (TPSA) is 67.4 Å². The van der Waals surface area contributed by atoms with E-state index < -0.39 is 40.4 Å². The number of halogens is 3. The number of rotatable bonds is 6. The van der Waals surface area contributed by atoms with E-state index in [0.717, 1.165) is 6.07 Å². The van der Waals surface area contributed by atoms with E-state index in [1.807, 2.05) is 0 Å². The second-order valence-corrected chi connectivity index (χ2v) is 6.14. The van der Waals surface area contributed by atoms with Crippen molar-refractivity contribution in [1.82, 2.24) is 0 Å². The van der Waals surface area contributed by atoms with Crippen LogP contribution < -0.4 is 15.4 Å². The molecule has 5 nitrogen and oxygen atoms in total. The van der Waals surface area contributed by atoms with Crippen LogP contribution in [-0.2, 0) is 9.59 Å². The number of ether oxygens (including phenoxy) is 1. The third-order valence-corrected chi connectivity index (χ3v) is 4.34. The molecule has 3 rings (SSSR count). The zero-order valence-electron chi connectivity index (χ0n) is 14.4. The predicted octanol–water partition coefficient (Wildman–Crippen LogP) is 3.86. The number of carbonyl (C=O) groups is 2. The van der Waals surface area contributed by atoms with Gasteiger partial charge < -0.3 is 15.4 Å². The number of amides is 2. The second-order valence-electron chi connectivity index (χ2n) is 6.14. The standard InChI is InChI=1S/C19H17F3N2O3/c1-2-27-14-6-4-3-5-12(14)23-17(25)19(9-10-19)18(26)24-13-8-7-11(20)15(21)16(13)22/h3-8H,2,9-10H2,1H3,(H,23,25)(H,24,26). The van der Waals surface area contributed by atoms with Crippen molar-refractivity contribution in [2.45, 2.75) is 19.8 Å². The molecule has 0 unspecified atom stereocenters. The third-order valence-electron chi connectivity index (χ3n) is 4.34. The van der Waals surface area contributed by atoms with E-state index in [9.17, 15) is 22.8 Å². The maximum atomic E-state index is 13.8. The second kappa shape index (κ2) is 7.30. The van der Waals surface area contributed by atoms with E-state index in [-0.39, 0.29) is 12.8 Å². The maximum Gasteiger partial charge on any atom is 0.240 e. The van der Waals surface area contributed by atoms with E-state index in [0.29, 0.717) is 24.1 Å². The van der Waals surface area contributed by atoms with Crippen molar-refractivity contribution in [3.63, 3.8) is 0 Å². The van der Waals surface area contributed by atoms with Gasteiger partial charge in [0.15, 0.2) is 17.5 Å². The molecule has 0 atom stereocenters.